The summed E-state index contributed by atoms with van der Waals surface area (Å²) in [6.45, 7) is 10.3. The van der Waals surface area contributed by atoms with Crippen LogP contribution in [-0.2, 0) is 0 Å². The topological polar surface area (TPSA) is 29.3 Å². The summed E-state index contributed by atoms with van der Waals surface area (Å²) in [6.07, 6.45) is 1.15. The Labute approximate surface area is 92.6 Å². The first-order chi connectivity index (χ1) is 6.58. The summed E-state index contributed by atoms with van der Waals surface area (Å²) >= 11 is 2.08. The fourth-order valence-corrected chi connectivity index (χ4v) is 3.15. The molecule has 1 aliphatic heterocycles. The van der Waals surface area contributed by atoms with E-state index in [4.69, 9.17) is 5.73 Å². The zero-order valence-corrected chi connectivity index (χ0v) is 10.5. The molecule has 0 aromatic heterocycles. The van der Waals surface area contributed by atoms with Crippen LogP contribution < -0.4 is 5.73 Å². The van der Waals surface area contributed by atoms with Crippen molar-refractivity contribution >= 4 is 11.8 Å². The summed E-state index contributed by atoms with van der Waals surface area (Å²) in [5, 5.41) is 0.787. The van der Waals surface area contributed by atoms with Gasteiger partial charge in [0, 0.05) is 36.7 Å². The molecule has 1 saturated heterocycles. The number of rotatable bonds is 4. The van der Waals surface area contributed by atoms with Crippen LogP contribution in [0, 0.1) is 5.92 Å². The number of hydrogen-bond acceptors (Lipinski definition) is 3. The molecule has 3 heteroatoms. The number of nitrogens with two attached hydrogens (primary N) is 1. The maximum Gasteiger partial charge on any atom is 0.0170 e. The molecule has 14 heavy (non-hydrogen) atoms. The van der Waals surface area contributed by atoms with Crippen LogP contribution >= 0.6 is 11.8 Å². The lowest BCUT2D eigenvalue weighted by atomic mass is 10.0. The molecule has 0 aromatic carbocycles. The van der Waals surface area contributed by atoms with Gasteiger partial charge in [-0.25, -0.2) is 0 Å². The Balaban J connectivity index is 2.21. The van der Waals surface area contributed by atoms with E-state index in [1.807, 2.05) is 0 Å². The molecule has 84 valence electrons. The monoisotopic (exact) mass is 216 g/mol. The van der Waals surface area contributed by atoms with E-state index in [2.05, 4.69) is 37.4 Å². The van der Waals surface area contributed by atoms with Crippen molar-refractivity contribution in [3.63, 3.8) is 0 Å². The summed E-state index contributed by atoms with van der Waals surface area (Å²) in [5.41, 5.74) is 6.10. The third-order valence-corrected chi connectivity index (χ3v) is 3.73. The van der Waals surface area contributed by atoms with Crippen molar-refractivity contribution in [1.82, 2.24) is 4.90 Å². The Bertz CT molecular complexity index is 161. The second-order valence-corrected chi connectivity index (χ2v) is 6.38. The lowest BCUT2D eigenvalue weighted by molar-refractivity contribution is 0.256. The van der Waals surface area contributed by atoms with Crippen LogP contribution in [0.1, 0.15) is 27.2 Å². The van der Waals surface area contributed by atoms with Crippen molar-refractivity contribution in [1.29, 1.82) is 0 Å². The van der Waals surface area contributed by atoms with Gasteiger partial charge in [-0.15, -0.1) is 0 Å². The third kappa shape index (κ3) is 4.67. The van der Waals surface area contributed by atoms with Crippen molar-refractivity contribution in [2.75, 3.05) is 25.4 Å². The fourth-order valence-electron chi connectivity index (χ4n) is 2.07. The van der Waals surface area contributed by atoms with Gasteiger partial charge in [0.25, 0.3) is 0 Å². The molecule has 2 atom stereocenters. The first kappa shape index (κ1) is 12.3. The summed E-state index contributed by atoms with van der Waals surface area (Å²) in [7, 11) is 0. The van der Waals surface area contributed by atoms with Crippen molar-refractivity contribution in [2.24, 2.45) is 11.7 Å². The lowest BCUT2D eigenvalue weighted by Crippen LogP contribution is -2.44. The van der Waals surface area contributed by atoms with Crippen LogP contribution in [0.2, 0.25) is 0 Å². The molecule has 0 aliphatic carbocycles. The third-order valence-electron chi connectivity index (χ3n) is 2.59. The lowest BCUT2D eigenvalue weighted by Gasteiger charge is -2.32. The van der Waals surface area contributed by atoms with Gasteiger partial charge in [-0.3, -0.25) is 4.90 Å². The SMILES string of the molecule is CC(C)CC(N)CN1CCSC(C)C1. The molecular weight excluding hydrogens is 192 g/mol. The van der Waals surface area contributed by atoms with Gasteiger partial charge in [0.05, 0.1) is 0 Å². The molecule has 0 bridgehead atoms. The van der Waals surface area contributed by atoms with E-state index in [0.717, 1.165) is 24.1 Å². The highest BCUT2D eigenvalue weighted by Crippen LogP contribution is 2.18. The Kier molecular flexibility index (Phi) is 5.28. The van der Waals surface area contributed by atoms with E-state index < -0.39 is 0 Å². The van der Waals surface area contributed by atoms with Gasteiger partial charge < -0.3 is 5.73 Å². The molecule has 0 radical (unpaired) electrons. The molecule has 2 unspecified atom stereocenters. The van der Waals surface area contributed by atoms with E-state index in [9.17, 15) is 0 Å². The minimum atomic E-state index is 0.366. The first-order valence-electron chi connectivity index (χ1n) is 5.67. The van der Waals surface area contributed by atoms with Gasteiger partial charge in [0.15, 0.2) is 0 Å². The highest BCUT2D eigenvalue weighted by Gasteiger charge is 2.18. The zero-order chi connectivity index (χ0) is 10.6. The Hall–Kier alpha value is 0.270. The number of hydrogen-bond donors (Lipinski definition) is 1. The molecular formula is C11H24N2S. The largest absolute Gasteiger partial charge is 0.327 e. The maximum absolute atomic E-state index is 6.10. The first-order valence-corrected chi connectivity index (χ1v) is 6.72. The van der Waals surface area contributed by atoms with Crippen LogP contribution in [-0.4, -0.2) is 41.6 Å². The molecule has 0 amide bonds. The van der Waals surface area contributed by atoms with E-state index in [-0.39, 0.29) is 0 Å². The fraction of sp³-hybridized carbons (Fsp3) is 1.00. The standard InChI is InChI=1S/C11H24N2S/c1-9(2)6-11(12)8-13-4-5-14-10(3)7-13/h9-11H,4-8,12H2,1-3H3. The zero-order valence-electron chi connectivity index (χ0n) is 9.70. The average Bonchev–Trinajstić information content (AvgIpc) is 2.01. The van der Waals surface area contributed by atoms with Gasteiger partial charge in [0.2, 0.25) is 0 Å². The highest BCUT2D eigenvalue weighted by molar-refractivity contribution is 7.99. The van der Waals surface area contributed by atoms with Crippen molar-refractivity contribution in [3.05, 3.63) is 0 Å². The molecule has 1 aliphatic rings. The van der Waals surface area contributed by atoms with Crippen molar-refractivity contribution in [3.8, 4) is 0 Å². The second-order valence-electron chi connectivity index (χ2n) is 4.83. The summed E-state index contributed by atoms with van der Waals surface area (Å²) < 4.78 is 0. The Morgan fingerprint density at radius 1 is 1.50 bits per heavy atom. The van der Waals surface area contributed by atoms with Gasteiger partial charge in [-0.05, 0) is 12.3 Å². The minimum absolute atomic E-state index is 0.366. The van der Waals surface area contributed by atoms with Crippen LogP contribution in [0.25, 0.3) is 0 Å². The van der Waals surface area contributed by atoms with Gasteiger partial charge in [-0.2, -0.15) is 11.8 Å². The quantitative estimate of drug-likeness (QED) is 0.777. The summed E-state index contributed by atoms with van der Waals surface area (Å²) in [4.78, 5) is 2.52. The Morgan fingerprint density at radius 2 is 2.21 bits per heavy atom. The van der Waals surface area contributed by atoms with E-state index in [1.165, 1.54) is 18.8 Å². The number of nitrogens with zero attached hydrogens (tertiary/aromatic N) is 1. The molecule has 2 N–H and O–H groups in total. The van der Waals surface area contributed by atoms with Crippen LogP contribution in [0.3, 0.4) is 0 Å². The molecule has 0 aromatic rings. The van der Waals surface area contributed by atoms with Gasteiger partial charge in [-0.1, -0.05) is 20.8 Å². The van der Waals surface area contributed by atoms with Crippen LogP contribution in [0.4, 0.5) is 0 Å². The second kappa shape index (κ2) is 5.99. The number of thioether (sulfide) groups is 1. The van der Waals surface area contributed by atoms with Crippen LogP contribution in [0.15, 0.2) is 0 Å². The van der Waals surface area contributed by atoms with E-state index in [1.54, 1.807) is 0 Å². The normalized spacial score (nSPS) is 26.8. The highest BCUT2D eigenvalue weighted by atomic mass is 32.2. The molecule has 2 nitrogen and oxygen atoms in total. The van der Waals surface area contributed by atoms with Crippen LogP contribution in [0.5, 0.6) is 0 Å². The van der Waals surface area contributed by atoms with Gasteiger partial charge >= 0.3 is 0 Å². The summed E-state index contributed by atoms with van der Waals surface area (Å²) in [5.74, 6) is 2.00. The smallest absolute Gasteiger partial charge is 0.0170 e. The molecule has 1 fully saturated rings. The predicted octanol–water partition coefficient (Wildman–Crippen LogP) is 1.80. The van der Waals surface area contributed by atoms with E-state index in [0.29, 0.717) is 6.04 Å². The maximum atomic E-state index is 6.10. The average molecular weight is 216 g/mol. The summed E-state index contributed by atoms with van der Waals surface area (Å²) in [6, 6.07) is 0.366. The molecule has 1 rings (SSSR count). The Morgan fingerprint density at radius 3 is 2.79 bits per heavy atom. The predicted molar refractivity (Wildman–Crippen MR) is 65.8 cm³/mol. The van der Waals surface area contributed by atoms with Crippen molar-refractivity contribution < 1.29 is 0 Å². The minimum Gasteiger partial charge on any atom is -0.327 e. The van der Waals surface area contributed by atoms with E-state index >= 15 is 0 Å². The van der Waals surface area contributed by atoms with Gasteiger partial charge in [0.1, 0.15) is 0 Å². The molecule has 0 spiro atoms. The van der Waals surface area contributed by atoms with Crippen molar-refractivity contribution in [2.45, 2.75) is 38.5 Å². The molecule has 0 saturated carbocycles. The molecule has 1 heterocycles.